The fraction of sp³-hybridized carbons (Fsp3) is 0.562. The van der Waals surface area contributed by atoms with Crippen molar-refractivity contribution in [2.75, 3.05) is 19.8 Å². The summed E-state index contributed by atoms with van der Waals surface area (Å²) in [5.74, 6) is 0.674. The molecule has 0 N–H and O–H groups in total. The smallest absolute Gasteiger partial charge is 0.340 e. The number of hydrogen-bond acceptors (Lipinski definition) is 4. The number of hydrogen-bond donors (Lipinski definition) is 0. The Hall–Kier alpha value is -1.55. The van der Waals surface area contributed by atoms with E-state index in [9.17, 15) is 4.79 Å². The molecule has 0 radical (unpaired) electrons. The summed E-state index contributed by atoms with van der Waals surface area (Å²) < 4.78 is 16.0. The van der Waals surface area contributed by atoms with Crippen LogP contribution in [0.25, 0.3) is 0 Å². The fourth-order valence-electron chi connectivity index (χ4n) is 2.12. The second-order valence-electron chi connectivity index (χ2n) is 5.13. The first kappa shape index (κ1) is 14.9. The van der Waals surface area contributed by atoms with Crippen LogP contribution in [-0.2, 0) is 14.3 Å². The largest absolute Gasteiger partial charge is 0.494 e. The summed E-state index contributed by atoms with van der Waals surface area (Å²) in [7, 11) is 0. The van der Waals surface area contributed by atoms with Crippen LogP contribution in [0.2, 0.25) is 0 Å². The Morgan fingerprint density at radius 2 is 2.20 bits per heavy atom. The SMILES string of the molecule is CCOC(=O)C1(CCCCOc2cccc(C)c2)CO1. The van der Waals surface area contributed by atoms with E-state index in [2.05, 4.69) is 0 Å². The first-order chi connectivity index (χ1) is 9.66. The molecule has 2 rings (SSSR count). The minimum Gasteiger partial charge on any atom is -0.494 e. The summed E-state index contributed by atoms with van der Waals surface area (Å²) in [5, 5.41) is 0. The molecule has 1 fully saturated rings. The van der Waals surface area contributed by atoms with Crippen LogP contribution in [0, 0.1) is 6.92 Å². The third-order valence-electron chi connectivity index (χ3n) is 3.37. The summed E-state index contributed by atoms with van der Waals surface area (Å²) >= 11 is 0. The summed E-state index contributed by atoms with van der Waals surface area (Å²) in [6, 6.07) is 8.00. The molecule has 1 unspecified atom stereocenters. The molecular formula is C16H22O4. The number of carbonyl (C=O) groups is 1. The molecule has 1 atom stereocenters. The average Bonchev–Trinajstić information content (AvgIpc) is 3.20. The Labute approximate surface area is 120 Å². The first-order valence-electron chi connectivity index (χ1n) is 7.17. The Bertz CT molecular complexity index is 452. The maximum Gasteiger partial charge on any atom is 0.340 e. The monoisotopic (exact) mass is 278 g/mol. The second kappa shape index (κ2) is 6.75. The summed E-state index contributed by atoms with van der Waals surface area (Å²) in [5.41, 5.74) is 0.537. The number of epoxide rings is 1. The molecule has 110 valence electrons. The van der Waals surface area contributed by atoms with Gasteiger partial charge in [0.05, 0.1) is 19.8 Å². The van der Waals surface area contributed by atoms with Crippen LogP contribution in [-0.4, -0.2) is 31.4 Å². The lowest BCUT2D eigenvalue weighted by Gasteiger charge is -2.11. The Balaban J connectivity index is 1.64. The van der Waals surface area contributed by atoms with E-state index in [4.69, 9.17) is 14.2 Å². The van der Waals surface area contributed by atoms with Crippen molar-refractivity contribution in [3.8, 4) is 5.75 Å². The van der Waals surface area contributed by atoms with Crippen molar-refractivity contribution in [3.63, 3.8) is 0 Å². The molecule has 1 saturated heterocycles. The number of carbonyl (C=O) groups excluding carboxylic acids is 1. The van der Waals surface area contributed by atoms with Crippen LogP contribution in [0.15, 0.2) is 24.3 Å². The third kappa shape index (κ3) is 3.97. The normalized spacial score (nSPS) is 20.5. The Kier molecular flexibility index (Phi) is 5.01. The highest BCUT2D eigenvalue weighted by Gasteiger charge is 2.52. The van der Waals surface area contributed by atoms with Gasteiger partial charge in [-0.3, -0.25) is 0 Å². The molecule has 0 aliphatic carbocycles. The number of esters is 1. The number of rotatable bonds is 8. The topological polar surface area (TPSA) is 48.1 Å². The molecule has 1 aromatic rings. The van der Waals surface area contributed by atoms with Crippen molar-refractivity contribution in [2.24, 2.45) is 0 Å². The second-order valence-corrected chi connectivity index (χ2v) is 5.13. The Morgan fingerprint density at radius 3 is 2.85 bits per heavy atom. The van der Waals surface area contributed by atoms with Crippen LogP contribution in [0.1, 0.15) is 31.7 Å². The van der Waals surface area contributed by atoms with E-state index in [1.165, 1.54) is 5.56 Å². The fourth-order valence-corrected chi connectivity index (χ4v) is 2.12. The van der Waals surface area contributed by atoms with E-state index in [0.717, 1.165) is 18.6 Å². The van der Waals surface area contributed by atoms with Crippen LogP contribution in [0.5, 0.6) is 5.75 Å². The van der Waals surface area contributed by atoms with Crippen molar-refractivity contribution in [2.45, 2.75) is 38.7 Å². The lowest BCUT2D eigenvalue weighted by atomic mass is 10.0. The van der Waals surface area contributed by atoms with Gasteiger partial charge in [0, 0.05) is 0 Å². The van der Waals surface area contributed by atoms with Gasteiger partial charge in [0.1, 0.15) is 5.75 Å². The van der Waals surface area contributed by atoms with Crippen molar-refractivity contribution in [1.29, 1.82) is 0 Å². The summed E-state index contributed by atoms with van der Waals surface area (Å²) in [4.78, 5) is 11.7. The molecule has 20 heavy (non-hydrogen) atoms. The van der Waals surface area contributed by atoms with E-state index in [-0.39, 0.29) is 5.97 Å². The van der Waals surface area contributed by atoms with E-state index < -0.39 is 5.60 Å². The highest BCUT2D eigenvalue weighted by Crippen LogP contribution is 2.34. The van der Waals surface area contributed by atoms with Crippen molar-refractivity contribution in [3.05, 3.63) is 29.8 Å². The molecule has 1 aliphatic heterocycles. The molecule has 1 heterocycles. The van der Waals surface area contributed by atoms with Crippen LogP contribution in [0.3, 0.4) is 0 Å². The molecule has 0 aromatic heterocycles. The number of unbranched alkanes of at least 4 members (excludes halogenated alkanes) is 1. The van der Waals surface area contributed by atoms with Crippen LogP contribution < -0.4 is 4.74 Å². The van der Waals surface area contributed by atoms with E-state index in [1.807, 2.05) is 38.1 Å². The Morgan fingerprint density at radius 1 is 1.40 bits per heavy atom. The van der Waals surface area contributed by atoms with Gasteiger partial charge in [0.2, 0.25) is 0 Å². The van der Waals surface area contributed by atoms with Gasteiger partial charge in [0.15, 0.2) is 5.60 Å². The molecule has 0 spiro atoms. The van der Waals surface area contributed by atoms with Gasteiger partial charge in [-0.2, -0.15) is 0 Å². The molecule has 1 aliphatic rings. The number of aryl methyl sites for hydroxylation is 1. The molecule has 0 saturated carbocycles. The minimum absolute atomic E-state index is 0.223. The molecular weight excluding hydrogens is 256 g/mol. The van der Waals surface area contributed by atoms with Gasteiger partial charge in [-0.1, -0.05) is 12.1 Å². The lowest BCUT2D eigenvalue weighted by molar-refractivity contribution is -0.149. The number of benzene rings is 1. The van der Waals surface area contributed by atoms with Crippen LogP contribution >= 0.6 is 0 Å². The van der Waals surface area contributed by atoms with Crippen molar-refractivity contribution >= 4 is 5.97 Å². The quantitative estimate of drug-likeness (QED) is 0.417. The van der Waals surface area contributed by atoms with E-state index in [0.29, 0.717) is 26.2 Å². The standard InChI is InChI=1S/C16H22O4/c1-3-18-15(17)16(12-20-16)9-4-5-10-19-14-8-6-7-13(2)11-14/h6-8,11H,3-5,9-10,12H2,1-2H3. The van der Waals surface area contributed by atoms with Gasteiger partial charge < -0.3 is 14.2 Å². The zero-order valence-electron chi connectivity index (χ0n) is 12.2. The maximum absolute atomic E-state index is 11.7. The highest BCUT2D eigenvalue weighted by atomic mass is 16.6. The maximum atomic E-state index is 11.7. The van der Waals surface area contributed by atoms with Gasteiger partial charge in [-0.05, 0) is 50.8 Å². The molecule has 4 heteroatoms. The summed E-state index contributed by atoms with van der Waals surface area (Å²) in [6.45, 7) is 5.40. The van der Waals surface area contributed by atoms with Gasteiger partial charge in [-0.15, -0.1) is 0 Å². The average molecular weight is 278 g/mol. The van der Waals surface area contributed by atoms with E-state index in [1.54, 1.807) is 0 Å². The van der Waals surface area contributed by atoms with Crippen molar-refractivity contribution in [1.82, 2.24) is 0 Å². The van der Waals surface area contributed by atoms with Gasteiger partial charge in [0.25, 0.3) is 0 Å². The van der Waals surface area contributed by atoms with Gasteiger partial charge >= 0.3 is 5.97 Å². The molecule has 4 nitrogen and oxygen atoms in total. The first-order valence-corrected chi connectivity index (χ1v) is 7.17. The lowest BCUT2D eigenvalue weighted by Crippen LogP contribution is -2.27. The molecule has 0 bridgehead atoms. The van der Waals surface area contributed by atoms with E-state index >= 15 is 0 Å². The predicted molar refractivity (Wildman–Crippen MR) is 75.8 cm³/mol. The highest BCUT2D eigenvalue weighted by molar-refractivity contribution is 5.82. The predicted octanol–water partition coefficient (Wildman–Crippen LogP) is 2.88. The number of ether oxygens (including phenoxy) is 3. The molecule has 0 amide bonds. The van der Waals surface area contributed by atoms with Crippen LogP contribution in [0.4, 0.5) is 0 Å². The third-order valence-corrected chi connectivity index (χ3v) is 3.37. The zero-order valence-corrected chi connectivity index (χ0v) is 12.2. The summed E-state index contributed by atoms with van der Waals surface area (Å²) in [6.07, 6.45) is 2.51. The van der Waals surface area contributed by atoms with Crippen molar-refractivity contribution < 1.29 is 19.0 Å². The zero-order chi connectivity index (χ0) is 14.4. The minimum atomic E-state index is -0.653. The van der Waals surface area contributed by atoms with Gasteiger partial charge in [-0.25, -0.2) is 4.79 Å². The molecule has 1 aromatic carbocycles.